The van der Waals surface area contributed by atoms with E-state index in [1.165, 1.54) is 17.7 Å². The molecule has 4 aromatic heterocycles. The van der Waals surface area contributed by atoms with Crippen LogP contribution < -0.4 is 10.5 Å². The first kappa shape index (κ1) is 25.7. The number of aromatic nitrogens is 6. The molecule has 11 heteroatoms. The minimum atomic E-state index is -1.14. The van der Waals surface area contributed by atoms with Crippen molar-refractivity contribution in [3.8, 4) is 17.3 Å². The molecule has 1 saturated carbocycles. The van der Waals surface area contributed by atoms with Crippen LogP contribution in [0.15, 0.2) is 48.8 Å². The minimum Gasteiger partial charge on any atom is -0.494 e. The smallest absolute Gasteiger partial charge is 0.254 e. The van der Waals surface area contributed by atoms with Crippen molar-refractivity contribution in [1.82, 2.24) is 33.8 Å². The van der Waals surface area contributed by atoms with Gasteiger partial charge < -0.3 is 24.5 Å². The number of carbonyl (C=O) groups is 1. The van der Waals surface area contributed by atoms with E-state index in [2.05, 4.69) is 26.4 Å². The Morgan fingerprint density at radius 1 is 1.17 bits per heavy atom. The molecule has 0 spiro atoms. The molecule has 2 aliphatic rings. The van der Waals surface area contributed by atoms with E-state index in [4.69, 9.17) is 20.4 Å². The second-order valence-corrected chi connectivity index (χ2v) is 11.4. The number of carbonyl (C=O) groups excluding carboxylic acids is 1. The predicted octanol–water partition coefficient (Wildman–Crippen LogP) is 3.76. The summed E-state index contributed by atoms with van der Waals surface area (Å²) in [7, 11) is 3.48. The lowest BCUT2D eigenvalue weighted by Crippen LogP contribution is -2.50. The van der Waals surface area contributed by atoms with E-state index in [9.17, 15) is 9.18 Å². The number of imidazole rings is 1. The average molecular weight is 557 g/mol. The number of nitrogens with two attached hydrogens (primary N) is 1. The van der Waals surface area contributed by atoms with Gasteiger partial charge >= 0.3 is 0 Å². The number of rotatable bonds is 7. The van der Waals surface area contributed by atoms with Crippen molar-refractivity contribution in [3.05, 3.63) is 60.0 Å². The largest absolute Gasteiger partial charge is 0.494 e. The van der Waals surface area contributed by atoms with Crippen LogP contribution in [0.3, 0.4) is 0 Å². The summed E-state index contributed by atoms with van der Waals surface area (Å²) in [6, 6.07) is 11.2. The van der Waals surface area contributed by atoms with Crippen molar-refractivity contribution in [2.75, 3.05) is 20.2 Å². The van der Waals surface area contributed by atoms with Crippen molar-refractivity contribution in [3.63, 3.8) is 0 Å². The number of alkyl halides is 1. The van der Waals surface area contributed by atoms with E-state index >= 15 is 0 Å². The molecule has 0 bridgehead atoms. The molecule has 0 unspecified atom stereocenters. The number of ether oxygens (including phenoxy) is 1. The van der Waals surface area contributed by atoms with Crippen molar-refractivity contribution in [2.45, 2.75) is 44.6 Å². The maximum Gasteiger partial charge on any atom is 0.254 e. The van der Waals surface area contributed by atoms with Crippen molar-refractivity contribution in [1.29, 1.82) is 0 Å². The first-order valence-electron chi connectivity index (χ1n) is 14.1. The average Bonchev–Trinajstić information content (AvgIpc) is 3.41. The molecule has 5 aromatic rings. The second-order valence-electron chi connectivity index (χ2n) is 11.4. The van der Waals surface area contributed by atoms with Gasteiger partial charge in [-0.2, -0.15) is 5.10 Å². The van der Waals surface area contributed by atoms with Gasteiger partial charge in [-0.15, -0.1) is 0 Å². The van der Waals surface area contributed by atoms with Gasteiger partial charge in [-0.3, -0.25) is 9.48 Å². The number of aryl methyl sites for hydroxylation is 1. The maximum atomic E-state index is 14.3. The summed E-state index contributed by atoms with van der Waals surface area (Å²) in [6.45, 7) is 1.66. The molecule has 10 nitrogen and oxygen atoms in total. The second kappa shape index (κ2) is 9.99. The molecular weight excluding hydrogens is 523 g/mol. The minimum absolute atomic E-state index is 0.0283. The zero-order chi connectivity index (χ0) is 28.2. The number of amides is 1. The quantitative estimate of drug-likeness (QED) is 0.327. The van der Waals surface area contributed by atoms with Crippen LogP contribution >= 0.6 is 0 Å². The van der Waals surface area contributed by atoms with Gasteiger partial charge in [-0.25, -0.2) is 14.4 Å². The predicted molar refractivity (Wildman–Crippen MR) is 153 cm³/mol. The monoisotopic (exact) mass is 556 g/mol. The number of piperidine rings is 1. The Labute approximate surface area is 236 Å². The number of halogens is 1. The molecule has 1 aromatic carbocycles. The maximum absolute atomic E-state index is 14.3. The van der Waals surface area contributed by atoms with Crippen molar-refractivity contribution < 1.29 is 13.9 Å². The first-order chi connectivity index (χ1) is 19.9. The van der Waals surface area contributed by atoms with E-state index in [-0.39, 0.29) is 24.9 Å². The fourth-order valence-corrected chi connectivity index (χ4v) is 6.01. The zero-order valence-electron chi connectivity index (χ0n) is 23.2. The molecule has 1 amide bonds. The molecule has 2 N–H and O–H groups in total. The van der Waals surface area contributed by atoms with E-state index in [0.29, 0.717) is 35.8 Å². The Bertz CT molecular complexity index is 1760. The van der Waals surface area contributed by atoms with Gasteiger partial charge in [0.1, 0.15) is 23.1 Å². The van der Waals surface area contributed by atoms with Crippen LogP contribution in [0.4, 0.5) is 4.39 Å². The summed E-state index contributed by atoms with van der Waals surface area (Å²) in [6.07, 6.45) is 5.26. The normalized spacial score (nSPS) is 19.4. The topological polar surface area (TPSA) is 109 Å². The summed E-state index contributed by atoms with van der Waals surface area (Å²) in [5.41, 5.74) is 10.6. The third-order valence-corrected chi connectivity index (χ3v) is 8.10. The van der Waals surface area contributed by atoms with Crippen LogP contribution in [0.1, 0.15) is 35.3 Å². The van der Waals surface area contributed by atoms with Gasteiger partial charge in [0.2, 0.25) is 0 Å². The molecular formula is C30H33FN8O2. The Balaban J connectivity index is 1.41. The first-order valence-corrected chi connectivity index (χ1v) is 14.1. The van der Waals surface area contributed by atoms with E-state index < -0.39 is 6.17 Å². The number of hydrogen-bond donors (Lipinski definition) is 1. The van der Waals surface area contributed by atoms with Crippen molar-refractivity contribution in [2.24, 2.45) is 18.7 Å². The Hall–Kier alpha value is -4.25. The van der Waals surface area contributed by atoms with Crippen LogP contribution in [-0.4, -0.2) is 72.1 Å². The Morgan fingerprint density at radius 2 is 2.02 bits per heavy atom. The highest BCUT2D eigenvalue weighted by molar-refractivity contribution is 6.00. The van der Waals surface area contributed by atoms with Crippen LogP contribution in [0, 0.1) is 5.92 Å². The molecule has 7 rings (SSSR count). The summed E-state index contributed by atoms with van der Waals surface area (Å²) < 4.78 is 26.3. The van der Waals surface area contributed by atoms with Crippen LogP contribution in [0.2, 0.25) is 0 Å². The molecule has 5 heterocycles. The van der Waals surface area contributed by atoms with Crippen LogP contribution in [0.25, 0.3) is 33.6 Å². The van der Waals surface area contributed by atoms with E-state index in [1.54, 1.807) is 23.9 Å². The summed E-state index contributed by atoms with van der Waals surface area (Å²) in [4.78, 5) is 24.9. The molecule has 212 valence electrons. The van der Waals surface area contributed by atoms with Gasteiger partial charge in [0.05, 0.1) is 37.1 Å². The van der Waals surface area contributed by atoms with Crippen molar-refractivity contribution >= 4 is 28.0 Å². The van der Waals surface area contributed by atoms with Crippen LogP contribution in [-0.2, 0) is 20.1 Å². The molecule has 1 saturated heterocycles. The fourth-order valence-electron chi connectivity index (χ4n) is 6.01. The molecule has 41 heavy (non-hydrogen) atoms. The molecule has 2 fully saturated rings. The number of hydrogen-bond acceptors (Lipinski definition) is 6. The summed E-state index contributed by atoms with van der Waals surface area (Å²) in [5, 5.41) is 5.67. The molecule has 2 atom stereocenters. The summed E-state index contributed by atoms with van der Waals surface area (Å²) in [5.74, 6) is 1.60. The highest BCUT2D eigenvalue weighted by atomic mass is 19.1. The van der Waals surface area contributed by atoms with E-state index in [0.717, 1.165) is 40.3 Å². The van der Waals surface area contributed by atoms with Gasteiger partial charge in [0.25, 0.3) is 5.91 Å². The third kappa shape index (κ3) is 4.73. The highest BCUT2D eigenvalue weighted by Gasteiger charge is 2.31. The number of methoxy groups -OCH3 is 1. The highest BCUT2D eigenvalue weighted by Crippen LogP contribution is 2.38. The van der Waals surface area contributed by atoms with Gasteiger partial charge in [0.15, 0.2) is 5.82 Å². The lowest BCUT2D eigenvalue weighted by molar-refractivity contribution is 0.0606. The lowest BCUT2D eigenvalue weighted by Gasteiger charge is -2.33. The number of nitrogens with zero attached hydrogens (tertiary/aromatic N) is 7. The van der Waals surface area contributed by atoms with Crippen LogP contribution in [0.5, 0.6) is 5.75 Å². The fraction of sp³-hybridized carbons (Fsp3) is 0.400. The molecule has 0 radical (unpaired) electrons. The lowest BCUT2D eigenvalue weighted by atomic mass is 10.0. The summed E-state index contributed by atoms with van der Waals surface area (Å²) >= 11 is 0. The third-order valence-electron chi connectivity index (χ3n) is 8.10. The Kier molecular flexibility index (Phi) is 6.26. The van der Waals surface area contributed by atoms with Gasteiger partial charge in [-0.1, -0.05) is 0 Å². The number of likely N-dealkylation sites (tertiary alicyclic amines) is 1. The molecule has 1 aliphatic carbocycles. The Morgan fingerprint density at radius 3 is 2.76 bits per heavy atom. The van der Waals surface area contributed by atoms with Gasteiger partial charge in [-0.05, 0) is 61.6 Å². The number of benzene rings is 1. The zero-order valence-corrected chi connectivity index (χ0v) is 23.2. The SMILES string of the molecule is COc1cc(C(=O)N2C[C@H](N)C[C@@H](F)C2)cc2nc(-c3cc4cccnc4n3CC3CC3)n(Cc3ccn(C)n3)c12. The standard InChI is InChI=1S/C30H33FN8O2/c1-36-9-7-23(35-36)17-39-27-24(10-20(12-26(27)41-2)30(40)37-15-21(31)13-22(32)16-37)34-29(39)25-11-19-4-3-8-33-28(19)38(25)14-18-5-6-18/h3-4,7-12,18,21-22H,5-6,13-17,32H2,1-2H3/t21-,22-/m1/s1. The van der Waals surface area contributed by atoms with E-state index in [1.807, 2.05) is 31.6 Å². The number of pyridine rings is 1. The van der Waals surface area contributed by atoms with Gasteiger partial charge in [0, 0.05) is 49.5 Å². The molecule has 1 aliphatic heterocycles. The number of fused-ring (bicyclic) bond motifs is 2.